The molecule has 0 saturated carbocycles. The van der Waals surface area contributed by atoms with Gasteiger partial charge in [0.05, 0.1) is 15.5 Å². The Hall–Kier alpha value is -2.93. The van der Waals surface area contributed by atoms with Crippen molar-refractivity contribution < 1.29 is 9.72 Å². The fourth-order valence-electron chi connectivity index (χ4n) is 2.12. The van der Waals surface area contributed by atoms with Crippen LogP contribution < -0.4 is 5.32 Å². The highest BCUT2D eigenvalue weighted by Crippen LogP contribution is 2.29. The molecule has 0 unspecified atom stereocenters. The average Bonchev–Trinajstić information content (AvgIpc) is 2.90. The summed E-state index contributed by atoms with van der Waals surface area (Å²) in [4.78, 5) is 27.2. The van der Waals surface area contributed by atoms with E-state index in [0.29, 0.717) is 10.1 Å². The van der Waals surface area contributed by atoms with E-state index in [-0.39, 0.29) is 11.6 Å². The van der Waals surface area contributed by atoms with Gasteiger partial charge >= 0.3 is 0 Å². The van der Waals surface area contributed by atoms with E-state index >= 15 is 0 Å². The van der Waals surface area contributed by atoms with Crippen molar-refractivity contribution in [1.29, 1.82) is 0 Å². The van der Waals surface area contributed by atoms with Gasteiger partial charge in [-0.25, -0.2) is 4.99 Å². The summed E-state index contributed by atoms with van der Waals surface area (Å²) >= 11 is 1.24. The quantitative estimate of drug-likeness (QED) is 0.524. The number of nitro groups is 1. The third-order valence-electron chi connectivity index (χ3n) is 3.39. The van der Waals surface area contributed by atoms with Gasteiger partial charge in [0.15, 0.2) is 5.17 Å². The molecular formula is C17H13N3O3S. The van der Waals surface area contributed by atoms with Gasteiger partial charge in [-0.2, -0.15) is 0 Å². The number of thioether (sulfide) groups is 1. The summed E-state index contributed by atoms with van der Waals surface area (Å²) in [6, 6.07) is 13.7. The molecule has 0 bridgehead atoms. The molecule has 1 saturated heterocycles. The van der Waals surface area contributed by atoms with E-state index < -0.39 is 4.92 Å². The van der Waals surface area contributed by atoms with Crippen molar-refractivity contribution in [3.8, 4) is 0 Å². The van der Waals surface area contributed by atoms with E-state index in [4.69, 9.17) is 0 Å². The van der Waals surface area contributed by atoms with Crippen LogP contribution in [0.25, 0.3) is 6.08 Å². The van der Waals surface area contributed by atoms with Crippen molar-refractivity contribution in [3.63, 3.8) is 0 Å². The van der Waals surface area contributed by atoms with Gasteiger partial charge in [-0.1, -0.05) is 18.2 Å². The fraction of sp³-hybridized carbons (Fsp3) is 0.0588. The monoisotopic (exact) mass is 339 g/mol. The first-order valence-corrected chi connectivity index (χ1v) is 7.94. The molecule has 0 aromatic heterocycles. The van der Waals surface area contributed by atoms with Crippen molar-refractivity contribution >= 4 is 40.3 Å². The summed E-state index contributed by atoms with van der Waals surface area (Å²) in [5, 5.41) is 13.9. The van der Waals surface area contributed by atoms with Gasteiger partial charge in [-0.15, -0.1) is 0 Å². The lowest BCUT2D eigenvalue weighted by Gasteiger charge is -1.99. The largest absolute Gasteiger partial charge is 0.300 e. The number of carbonyl (C=O) groups excluding carboxylic acids is 1. The lowest BCUT2D eigenvalue weighted by atomic mass is 10.2. The molecule has 2 aromatic carbocycles. The minimum Gasteiger partial charge on any atom is -0.300 e. The van der Waals surface area contributed by atoms with Gasteiger partial charge in [0.2, 0.25) is 0 Å². The summed E-state index contributed by atoms with van der Waals surface area (Å²) in [6.45, 7) is 1.95. The second kappa shape index (κ2) is 6.67. The normalized spacial score (nSPS) is 17.3. The van der Waals surface area contributed by atoms with Crippen LogP contribution in [0, 0.1) is 17.0 Å². The highest BCUT2D eigenvalue weighted by atomic mass is 32.2. The number of hydrogen-bond acceptors (Lipinski definition) is 5. The zero-order valence-electron chi connectivity index (χ0n) is 12.7. The standard InChI is InChI=1S/C17H13N3O3S/c1-11-4-2-3-5-14(11)18-17-19-16(21)15(24-17)10-12-6-8-13(9-7-12)20(22)23/h2-10H,1H3,(H,18,19,21)/b15-10-. The van der Waals surface area contributed by atoms with Crippen LogP contribution in [0.4, 0.5) is 11.4 Å². The molecule has 0 radical (unpaired) electrons. The molecule has 6 nitrogen and oxygen atoms in total. The Kier molecular flexibility index (Phi) is 4.43. The Morgan fingerprint density at radius 2 is 1.88 bits per heavy atom. The third kappa shape index (κ3) is 3.52. The zero-order chi connectivity index (χ0) is 17.1. The molecule has 1 N–H and O–H groups in total. The number of aliphatic imine (C=N–C) groups is 1. The number of non-ortho nitro benzene ring substituents is 1. The number of nitrogens with zero attached hydrogens (tertiary/aromatic N) is 2. The molecule has 24 heavy (non-hydrogen) atoms. The van der Waals surface area contributed by atoms with Crippen molar-refractivity contribution in [2.75, 3.05) is 0 Å². The van der Waals surface area contributed by atoms with Crippen LogP contribution in [0.1, 0.15) is 11.1 Å². The van der Waals surface area contributed by atoms with E-state index in [0.717, 1.165) is 16.8 Å². The number of amides is 1. The van der Waals surface area contributed by atoms with Crippen LogP contribution in [-0.2, 0) is 4.79 Å². The smallest absolute Gasteiger partial charge is 0.269 e. The van der Waals surface area contributed by atoms with E-state index in [2.05, 4.69) is 10.3 Å². The van der Waals surface area contributed by atoms with Gasteiger partial charge in [0.25, 0.3) is 11.6 Å². The number of nitro benzene ring substituents is 1. The van der Waals surface area contributed by atoms with Crippen molar-refractivity contribution in [1.82, 2.24) is 5.32 Å². The first kappa shape index (κ1) is 15.9. The van der Waals surface area contributed by atoms with Crippen LogP contribution in [0.3, 0.4) is 0 Å². The van der Waals surface area contributed by atoms with E-state index in [9.17, 15) is 14.9 Å². The Morgan fingerprint density at radius 1 is 1.17 bits per heavy atom. The van der Waals surface area contributed by atoms with Crippen LogP contribution >= 0.6 is 11.8 Å². The second-order valence-electron chi connectivity index (χ2n) is 5.12. The number of aryl methyl sites for hydroxylation is 1. The van der Waals surface area contributed by atoms with Crippen LogP contribution in [0.2, 0.25) is 0 Å². The molecular weight excluding hydrogens is 326 g/mol. The van der Waals surface area contributed by atoms with Crippen LogP contribution in [0.5, 0.6) is 0 Å². The number of carbonyl (C=O) groups is 1. The number of amidine groups is 1. The fourth-order valence-corrected chi connectivity index (χ4v) is 2.96. The number of benzene rings is 2. The Morgan fingerprint density at radius 3 is 2.54 bits per heavy atom. The Labute approximate surface area is 142 Å². The van der Waals surface area contributed by atoms with E-state index in [1.165, 1.54) is 23.9 Å². The molecule has 7 heteroatoms. The summed E-state index contributed by atoms with van der Waals surface area (Å²) < 4.78 is 0. The second-order valence-corrected chi connectivity index (χ2v) is 6.15. The molecule has 1 aliphatic heterocycles. The van der Waals surface area contributed by atoms with E-state index in [1.54, 1.807) is 18.2 Å². The van der Waals surface area contributed by atoms with Crippen LogP contribution in [0.15, 0.2) is 58.4 Å². The number of para-hydroxylation sites is 1. The molecule has 2 aromatic rings. The van der Waals surface area contributed by atoms with Gasteiger partial charge in [-0.05, 0) is 54.1 Å². The predicted octanol–water partition coefficient (Wildman–Crippen LogP) is 3.79. The molecule has 0 atom stereocenters. The van der Waals surface area contributed by atoms with Crippen LogP contribution in [-0.4, -0.2) is 16.0 Å². The molecule has 120 valence electrons. The van der Waals surface area contributed by atoms with Crippen molar-refractivity contribution in [2.24, 2.45) is 4.99 Å². The topological polar surface area (TPSA) is 84.6 Å². The summed E-state index contributed by atoms with van der Waals surface area (Å²) in [6.07, 6.45) is 1.68. The maximum absolute atomic E-state index is 12.1. The lowest BCUT2D eigenvalue weighted by Crippen LogP contribution is -2.19. The van der Waals surface area contributed by atoms with E-state index in [1.807, 2.05) is 31.2 Å². The lowest BCUT2D eigenvalue weighted by molar-refractivity contribution is -0.384. The molecule has 1 amide bonds. The number of rotatable bonds is 3. The van der Waals surface area contributed by atoms with Crippen molar-refractivity contribution in [3.05, 3.63) is 74.7 Å². The molecule has 1 fully saturated rings. The molecule has 0 spiro atoms. The van der Waals surface area contributed by atoms with Crippen molar-refractivity contribution in [2.45, 2.75) is 6.92 Å². The predicted molar refractivity (Wildman–Crippen MR) is 95.1 cm³/mol. The summed E-state index contributed by atoms with van der Waals surface area (Å²) in [5.74, 6) is -0.231. The van der Waals surface area contributed by atoms with Gasteiger partial charge in [0, 0.05) is 12.1 Å². The van der Waals surface area contributed by atoms with Gasteiger partial charge < -0.3 is 5.32 Å². The minimum atomic E-state index is -0.457. The first-order chi connectivity index (χ1) is 11.5. The summed E-state index contributed by atoms with van der Waals surface area (Å²) in [7, 11) is 0. The SMILES string of the molecule is Cc1ccccc1N=C1NC(=O)/C(=C/c2ccc([N+](=O)[O-])cc2)S1. The molecule has 1 heterocycles. The third-order valence-corrected chi connectivity index (χ3v) is 4.30. The van der Waals surface area contributed by atoms with Gasteiger partial charge in [0.1, 0.15) is 0 Å². The maximum atomic E-state index is 12.1. The molecule has 3 rings (SSSR count). The summed E-state index contributed by atoms with van der Waals surface area (Å²) in [5.41, 5.74) is 2.56. The Bertz CT molecular complexity index is 873. The molecule has 1 aliphatic rings. The first-order valence-electron chi connectivity index (χ1n) is 7.12. The highest BCUT2D eigenvalue weighted by molar-refractivity contribution is 8.18. The Balaban J connectivity index is 1.82. The molecule has 0 aliphatic carbocycles. The van der Waals surface area contributed by atoms with Gasteiger partial charge in [-0.3, -0.25) is 14.9 Å². The number of nitrogens with one attached hydrogen (secondary N) is 1. The average molecular weight is 339 g/mol. The maximum Gasteiger partial charge on any atom is 0.269 e. The zero-order valence-corrected chi connectivity index (χ0v) is 13.5. The number of hydrogen-bond donors (Lipinski definition) is 1. The minimum absolute atomic E-state index is 0.0162. The highest BCUT2D eigenvalue weighted by Gasteiger charge is 2.24.